The topological polar surface area (TPSA) is 59.5 Å². The number of amides is 1. The van der Waals surface area contributed by atoms with Gasteiger partial charge in [-0.1, -0.05) is 18.2 Å². The zero-order valence-electron chi connectivity index (χ0n) is 10.4. The molecule has 1 aromatic heterocycles. The van der Waals surface area contributed by atoms with E-state index in [0.717, 1.165) is 0 Å². The van der Waals surface area contributed by atoms with Gasteiger partial charge in [-0.2, -0.15) is 0 Å². The summed E-state index contributed by atoms with van der Waals surface area (Å²) >= 11 is 0. The number of furan rings is 1. The Morgan fingerprint density at radius 2 is 2.00 bits per heavy atom. The average Bonchev–Trinajstić information content (AvgIpc) is 2.92. The van der Waals surface area contributed by atoms with Crippen molar-refractivity contribution in [1.82, 2.24) is 4.90 Å². The van der Waals surface area contributed by atoms with Gasteiger partial charge in [0.25, 0.3) is 0 Å². The third kappa shape index (κ3) is 3.42. The van der Waals surface area contributed by atoms with Crippen LogP contribution in [-0.2, 0) is 17.9 Å². The first-order chi connectivity index (χ1) is 9.20. The number of halogens is 1. The highest BCUT2D eigenvalue weighted by molar-refractivity contribution is 5.77. The Morgan fingerprint density at radius 3 is 2.63 bits per heavy atom. The van der Waals surface area contributed by atoms with Crippen LogP contribution in [0.25, 0.3) is 0 Å². The Labute approximate surface area is 110 Å². The Hall–Kier alpha value is -2.14. The van der Waals surface area contributed by atoms with Crippen LogP contribution in [0.4, 0.5) is 4.39 Å². The highest BCUT2D eigenvalue weighted by Crippen LogP contribution is 2.13. The van der Waals surface area contributed by atoms with Crippen LogP contribution in [-0.4, -0.2) is 17.4 Å². The van der Waals surface area contributed by atoms with Gasteiger partial charge in [-0.25, -0.2) is 4.39 Å². The summed E-state index contributed by atoms with van der Waals surface area (Å²) in [7, 11) is 0. The molecular weight excluding hydrogens is 247 g/mol. The molecular formula is C14H15FN2O2. The number of carbonyl (C=O) groups is 1. The first kappa shape index (κ1) is 13.3. The Bertz CT molecular complexity index is 540. The van der Waals surface area contributed by atoms with Crippen LogP contribution in [0.1, 0.15) is 11.3 Å². The molecule has 1 amide bonds. The molecule has 19 heavy (non-hydrogen) atoms. The van der Waals surface area contributed by atoms with E-state index in [-0.39, 0.29) is 31.4 Å². The Kier molecular flexibility index (Phi) is 4.30. The molecule has 0 bridgehead atoms. The zero-order chi connectivity index (χ0) is 13.7. The van der Waals surface area contributed by atoms with Gasteiger partial charge in [-0.15, -0.1) is 0 Å². The number of nitrogens with zero attached hydrogens (tertiary/aromatic N) is 1. The SMILES string of the molecule is NCC(=O)N(Cc1ccco1)Cc1ccccc1F. The Balaban J connectivity index is 2.14. The third-order valence-corrected chi connectivity index (χ3v) is 2.77. The molecule has 0 saturated carbocycles. The van der Waals surface area contributed by atoms with Crippen LogP contribution in [0.3, 0.4) is 0 Å². The molecule has 1 heterocycles. The molecule has 0 radical (unpaired) electrons. The lowest BCUT2D eigenvalue weighted by atomic mass is 10.2. The predicted molar refractivity (Wildman–Crippen MR) is 68.4 cm³/mol. The standard InChI is InChI=1S/C14H15FN2O2/c15-13-6-2-1-4-11(13)9-17(14(18)8-16)10-12-5-3-7-19-12/h1-7H,8-10,16H2. The molecule has 0 spiro atoms. The van der Waals surface area contributed by atoms with Crippen LogP contribution in [0.2, 0.25) is 0 Å². The molecule has 0 fully saturated rings. The lowest BCUT2D eigenvalue weighted by Gasteiger charge is -2.21. The molecule has 2 rings (SSSR count). The van der Waals surface area contributed by atoms with Gasteiger partial charge in [0.2, 0.25) is 5.91 Å². The van der Waals surface area contributed by atoms with Crippen LogP contribution >= 0.6 is 0 Å². The van der Waals surface area contributed by atoms with Crippen molar-refractivity contribution in [3.63, 3.8) is 0 Å². The highest BCUT2D eigenvalue weighted by Gasteiger charge is 2.15. The van der Waals surface area contributed by atoms with Crippen molar-refractivity contribution in [3.8, 4) is 0 Å². The zero-order valence-corrected chi connectivity index (χ0v) is 10.4. The van der Waals surface area contributed by atoms with E-state index < -0.39 is 0 Å². The fourth-order valence-electron chi connectivity index (χ4n) is 1.78. The summed E-state index contributed by atoms with van der Waals surface area (Å²) in [5.74, 6) is 0.0505. The summed E-state index contributed by atoms with van der Waals surface area (Å²) in [6.45, 7) is 0.329. The molecule has 2 N–H and O–H groups in total. The van der Waals surface area contributed by atoms with E-state index in [1.165, 1.54) is 17.2 Å². The van der Waals surface area contributed by atoms with Gasteiger partial charge in [-0.05, 0) is 18.2 Å². The van der Waals surface area contributed by atoms with Gasteiger partial charge in [0.15, 0.2) is 0 Å². The van der Waals surface area contributed by atoms with Crippen molar-refractivity contribution in [2.45, 2.75) is 13.1 Å². The van der Waals surface area contributed by atoms with Crippen molar-refractivity contribution in [3.05, 3.63) is 59.8 Å². The van der Waals surface area contributed by atoms with Gasteiger partial charge >= 0.3 is 0 Å². The monoisotopic (exact) mass is 262 g/mol. The number of carbonyl (C=O) groups excluding carboxylic acids is 1. The fourth-order valence-corrected chi connectivity index (χ4v) is 1.78. The fraction of sp³-hybridized carbons (Fsp3) is 0.214. The predicted octanol–water partition coefficient (Wildman–Crippen LogP) is 1.91. The van der Waals surface area contributed by atoms with E-state index in [0.29, 0.717) is 11.3 Å². The summed E-state index contributed by atoms with van der Waals surface area (Å²) in [5.41, 5.74) is 5.83. The first-order valence-corrected chi connectivity index (χ1v) is 5.94. The van der Waals surface area contributed by atoms with Gasteiger partial charge in [0.05, 0.1) is 19.4 Å². The highest BCUT2D eigenvalue weighted by atomic mass is 19.1. The number of benzene rings is 1. The molecule has 0 aliphatic rings. The van der Waals surface area contributed by atoms with Crippen LogP contribution in [0.5, 0.6) is 0 Å². The molecule has 5 heteroatoms. The van der Waals surface area contributed by atoms with Crippen molar-refractivity contribution >= 4 is 5.91 Å². The average molecular weight is 262 g/mol. The van der Waals surface area contributed by atoms with E-state index >= 15 is 0 Å². The molecule has 100 valence electrons. The summed E-state index contributed by atoms with van der Waals surface area (Å²) in [4.78, 5) is 13.3. The van der Waals surface area contributed by atoms with Gasteiger partial charge in [0.1, 0.15) is 11.6 Å². The summed E-state index contributed by atoms with van der Waals surface area (Å²) in [6.07, 6.45) is 1.53. The van der Waals surface area contributed by atoms with Crippen molar-refractivity contribution < 1.29 is 13.6 Å². The van der Waals surface area contributed by atoms with Crippen molar-refractivity contribution in [1.29, 1.82) is 0 Å². The van der Waals surface area contributed by atoms with Crippen LogP contribution in [0, 0.1) is 5.82 Å². The van der Waals surface area contributed by atoms with Gasteiger partial charge in [0, 0.05) is 12.1 Å². The first-order valence-electron chi connectivity index (χ1n) is 5.94. The molecule has 0 aliphatic heterocycles. The molecule has 0 aliphatic carbocycles. The van der Waals surface area contributed by atoms with Crippen LogP contribution < -0.4 is 5.73 Å². The van der Waals surface area contributed by atoms with Crippen molar-refractivity contribution in [2.75, 3.05) is 6.54 Å². The molecule has 4 nitrogen and oxygen atoms in total. The molecule has 0 unspecified atom stereocenters. The molecule has 0 saturated heterocycles. The summed E-state index contributed by atoms with van der Waals surface area (Å²) in [6, 6.07) is 9.86. The largest absolute Gasteiger partial charge is 0.467 e. The third-order valence-electron chi connectivity index (χ3n) is 2.77. The van der Waals surface area contributed by atoms with E-state index in [4.69, 9.17) is 10.2 Å². The summed E-state index contributed by atoms with van der Waals surface area (Å²) < 4.78 is 18.8. The molecule has 0 atom stereocenters. The smallest absolute Gasteiger partial charge is 0.237 e. The number of hydrogen-bond donors (Lipinski definition) is 1. The van der Waals surface area contributed by atoms with Crippen molar-refractivity contribution in [2.24, 2.45) is 5.73 Å². The number of nitrogens with two attached hydrogens (primary N) is 1. The molecule has 1 aromatic carbocycles. The maximum absolute atomic E-state index is 13.6. The minimum absolute atomic E-state index is 0.116. The molecule has 2 aromatic rings. The number of rotatable bonds is 5. The summed E-state index contributed by atoms with van der Waals surface area (Å²) in [5, 5.41) is 0. The second kappa shape index (κ2) is 6.15. The Morgan fingerprint density at radius 1 is 1.21 bits per heavy atom. The van der Waals surface area contributed by atoms with Gasteiger partial charge in [-0.3, -0.25) is 4.79 Å². The van der Waals surface area contributed by atoms with E-state index in [9.17, 15) is 9.18 Å². The quantitative estimate of drug-likeness (QED) is 0.895. The van der Waals surface area contributed by atoms with E-state index in [2.05, 4.69) is 0 Å². The minimum atomic E-state index is -0.336. The normalized spacial score (nSPS) is 10.4. The van der Waals surface area contributed by atoms with E-state index in [1.54, 1.807) is 30.3 Å². The maximum Gasteiger partial charge on any atom is 0.237 e. The second-order valence-electron chi connectivity index (χ2n) is 4.12. The second-order valence-corrected chi connectivity index (χ2v) is 4.12. The lowest BCUT2D eigenvalue weighted by molar-refractivity contribution is -0.131. The van der Waals surface area contributed by atoms with Gasteiger partial charge < -0.3 is 15.1 Å². The maximum atomic E-state index is 13.6. The minimum Gasteiger partial charge on any atom is -0.467 e. The number of hydrogen-bond acceptors (Lipinski definition) is 3. The van der Waals surface area contributed by atoms with E-state index in [1.807, 2.05) is 0 Å². The van der Waals surface area contributed by atoms with Crippen LogP contribution in [0.15, 0.2) is 47.1 Å². The lowest BCUT2D eigenvalue weighted by Crippen LogP contribution is -2.35.